The Labute approximate surface area is 121 Å². The summed E-state index contributed by atoms with van der Waals surface area (Å²) in [6, 6.07) is 7.90. The van der Waals surface area contributed by atoms with Gasteiger partial charge in [-0.2, -0.15) is 0 Å². The first-order chi connectivity index (χ1) is 9.83. The van der Waals surface area contributed by atoms with E-state index in [2.05, 4.69) is 10.3 Å². The van der Waals surface area contributed by atoms with E-state index in [4.69, 9.17) is 4.74 Å². The van der Waals surface area contributed by atoms with Crippen molar-refractivity contribution in [1.29, 1.82) is 0 Å². The Bertz CT molecular complexity index is 583. The zero-order chi connectivity index (χ0) is 13.8. The van der Waals surface area contributed by atoms with Gasteiger partial charge in [0.2, 0.25) is 5.91 Å². The molecule has 4 nitrogen and oxygen atoms in total. The van der Waals surface area contributed by atoms with Crippen LogP contribution in [0.25, 0.3) is 0 Å². The quantitative estimate of drug-likeness (QED) is 0.937. The number of ether oxygens (including phenoxy) is 1. The summed E-state index contributed by atoms with van der Waals surface area (Å²) in [5.41, 5.74) is 3.95. The Morgan fingerprint density at radius 3 is 3.20 bits per heavy atom. The molecule has 1 aliphatic rings. The Balaban J connectivity index is 1.51. The first kappa shape index (κ1) is 13.1. The highest BCUT2D eigenvalue weighted by Gasteiger charge is 2.25. The maximum absolute atomic E-state index is 12.1. The monoisotopic (exact) mass is 288 g/mol. The minimum atomic E-state index is -0.0969. The summed E-state index contributed by atoms with van der Waals surface area (Å²) in [7, 11) is 0. The maximum atomic E-state index is 12.1. The molecule has 1 N–H and O–H groups in total. The topological polar surface area (TPSA) is 51.2 Å². The summed E-state index contributed by atoms with van der Waals surface area (Å²) in [5.74, 6) is 0.870. The van der Waals surface area contributed by atoms with Crippen LogP contribution in [0.3, 0.4) is 0 Å². The van der Waals surface area contributed by atoms with Crippen molar-refractivity contribution in [2.24, 2.45) is 5.92 Å². The van der Waals surface area contributed by atoms with Gasteiger partial charge in [-0.1, -0.05) is 18.2 Å². The van der Waals surface area contributed by atoms with Gasteiger partial charge >= 0.3 is 0 Å². The van der Waals surface area contributed by atoms with Crippen molar-refractivity contribution < 1.29 is 9.53 Å². The second-order valence-corrected chi connectivity index (χ2v) is 5.56. The van der Waals surface area contributed by atoms with Crippen LogP contribution in [0.2, 0.25) is 0 Å². The minimum absolute atomic E-state index is 0.0646. The number of nitrogens with zero attached hydrogens (tertiary/aromatic N) is 1. The lowest BCUT2D eigenvalue weighted by atomic mass is 9.96. The van der Waals surface area contributed by atoms with Gasteiger partial charge in [-0.3, -0.25) is 4.79 Å². The summed E-state index contributed by atoms with van der Waals surface area (Å²) >= 11 is 1.57. The molecule has 0 saturated heterocycles. The fraction of sp³-hybridized carbons (Fsp3) is 0.333. The lowest BCUT2D eigenvalue weighted by Crippen LogP contribution is -2.38. The molecule has 104 valence electrons. The van der Waals surface area contributed by atoms with Crippen molar-refractivity contribution >= 4 is 17.2 Å². The molecule has 5 heteroatoms. The van der Waals surface area contributed by atoms with Crippen LogP contribution in [0, 0.1) is 5.92 Å². The average Bonchev–Trinajstić information content (AvgIpc) is 3.00. The first-order valence-corrected chi connectivity index (χ1v) is 7.62. The van der Waals surface area contributed by atoms with Gasteiger partial charge in [0.25, 0.3) is 0 Å². The van der Waals surface area contributed by atoms with Crippen molar-refractivity contribution in [1.82, 2.24) is 10.3 Å². The number of hydrogen-bond acceptors (Lipinski definition) is 4. The molecular formula is C15H16N2O2S. The maximum Gasteiger partial charge on any atom is 0.226 e. The van der Waals surface area contributed by atoms with Crippen LogP contribution in [0.1, 0.15) is 11.3 Å². The predicted molar refractivity (Wildman–Crippen MR) is 78.0 cm³/mol. The second-order valence-electron chi connectivity index (χ2n) is 4.84. The van der Waals surface area contributed by atoms with Crippen LogP contribution < -0.4 is 10.1 Å². The number of carbonyl (C=O) groups excluding carboxylic acids is 1. The van der Waals surface area contributed by atoms with Crippen molar-refractivity contribution in [2.45, 2.75) is 12.8 Å². The van der Waals surface area contributed by atoms with E-state index in [9.17, 15) is 4.79 Å². The molecule has 1 amide bonds. The van der Waals surface area contributed by atoms with E-state index >= 15 is 0 Å². The van der Waals surface area contributed by atoms with Crippen molar-refractivity contribution in [3.05, 3.63) is 46.4 Å². The van der Waals surface area contributed by atoms with Gasteiger partial charge in [-0.15, -0.1) is 11.3 Å². The minimum Gasteiger partial charge on any atom is -0.492 e. The van der Waals surface area contributed by atoms with Crippen LogP contribution in [0.4, 0.5) is 0 Å². The highest BCUT2D eigenvalue weighted by Crippen LogP contribution is 2.26. The summed E-state index contributed by atoms with van der Waals surface area (Å²) in [6.07, 6.45) is 1.53. The molecule has 2 heterocycles. The third-order valence-electron chi connectivity index (χ3n) is 3.41. The standard InChI is InChI=1S/C15H16N2O2S/c18-15(16-6-5-13-9-20-10-17-13)12-7-11-3-1-2-4-14(11)19-8-12/h1-4,9-10,12H,5-8H2,(H,16,18). The van der Waals surface area contributed by atoms with Crippen LogP contribution in [0.15, 0.2) is 35.2 Å². The third-order valence-corrected chi connectivity index (χ3v) is 4.05. The van der Waals surface area contributed by atoms with E-state index in [1.807, 2.05) is 35.2 Å². The number of aromatic nitrogens is 1. The number of hydrogen-bond donors (Lipinski definition) is 1. The molecule has 0 fully saturated rings. The molecule has 0 bridgehead atoms. The smallest absolute Gasteiger partial charge is 0.226 e. The molecule has 1 unspecified atom stereocenters. The fourth-order valence-electron chi connectivity index (χ4n) is 2.32. The zero-order valence-corrected chi connectivity index (χ0v) is 11.9. The van der Waals surface area contributed by atoms with E-state index in [0.29, 0.717) is 13.2 Å². The molecule has 1 atom stereocenters. The molecule has 1 aliphatic heterocycles. The van der Waals surface area contributed by atoms with Crippen LogP contribution in [0.5, 0.6) is 5.75 Å². The fourth-order valence-corrected chi connectivity index (χ4v) is 2.91. The van der Waals surface area contributed by atoms with Crippen LogP contribution in [-0.4, -0.2) is 24.0 Å². The summed E-state index contributed by atoms with van der Waals surface area (Å²) in [4.78, 5) is 16.3. The van der Waals surface area contributed by atoms with Gasteiger partial charge in [0, 0.05) is 18.3 Å². The molecule has 0 radical (unpaired) electrons. The van der Waals surface area contributed by atoms with Crippen molar-refractivity contribution in [3.8, 4) is 5.75 Å². The Hall–Kier alpha value is -1.88. The Morgan fingerprint density at radius 2 is 2.35 bits per heavy atom. The lowest BCUT2D eigenvalue weighted by molar-refractivity contribution is -0.126. The van der Waals surface area contributed by atoms with E-state index in [1.54, 1.807) is 11.3 Å². The lowest BCUT2D eigenvalue weighted by Gasteiger charge is -2.24. The Kier molecular flexibility index (Phi) is 3.97. The number of amides is 1. The van der Waals surface area contributed by atoms with Crippen LogP contribution in [-0.2, 0) is 17.6 Å². The van der Waals surface area contributed by atoms with Crippen molar-refractivity contribution in [2.75, 3.05) is 13.2 Å². The number of rotatable bonds is 4. The molecule has 20 heavy (non-hydrogen) atoms. The largest absolute Gasteiger partial charge is 0.492 e. The second kappa shape index (κ2) is 6.05. The number of para-hydroxylation sites is 1. The molecular weight excluding hydrogens is 272 g/mol. The predicted octanol–water partition coefficient (Wildman–Crippen LogP) is 2.05. The van der Waals surface area contributed by atoms with E-state index < -0.39 is 0 Å². The molecule has 1 aromatic heterocycles. The first-order valence-electron chi connectivity index (χ1n) is 6.68. The van der Waals surface area contributed by atoms with E-state index in [1.165, 1.54) is 0 Å². The summed E-state index contributed by atoms with van der Waals surface area (Å²) in [5, 5.41) is 4.97. The molecule has 1 aromatic carbocycles. The number of fused-ring (bicyclic) bond motifs is 1. The molecule has 0 spiro atoms. The van der Waals surface area contributed by atoms with Gasteiger partial charge in [0.05, 0.1) is 17.1 Å². The summed E-state index contributed by atoms with van der Waals surface area (Å²) in [6.45, 7) is 1.08. The van der Waals surface area contributed by atoms with Gasteiger partial charge in [0.1, 0.15) is 12.4 Å². The van der Waals surface area contributed by atoms with Crippen LogP contribution >= 0.6 is 11.3 Å². The summed E-state index contributed by atoms with van der Waals surface area (Å²) < 4.78 is 5.64. The number of nitrogens with one attached hydrogen (secondary N) is 1. The molecule has 0 aliphatic carbocycles. The number of benzene rings is 1. The average molecular weight is 288 g/mol. The van der Waals surface area contributed by atoms with Crippen molar-refractivity contribution in [3.63, 3.8) is 0 Å². The highest BCUT2D eigenvalue weighted by molar-refractivity contribution is 7.07. The van der Waals surface area contributed by atoms with E-state index in [-0.39, 0.29) is 11.8 Å². The SMILES string of the molecule is O=C(NCCc1cscn1)C1COc2ccccc2C1. The molecule has 3 rings (SSSR count). The van der Waals surface area contributed by atoms with Gasteiger partial charge in [0.15, 0.2) is 0 Å². The van der Waals surface area contributed by atoms with Gasteiger partial charge in [-0.05, 0) is 18.1 Å². The third kappa shape index (κ3) is 2.99. The number of carbonyl (C=O) groups is 1. The van der Waals surface area contributed by atoms with Gasteiger partial charge in [-0.25, -0.2) is 4.98 Å². The highest BCUT2D eigenvalue weighted by atomic mass is 32.1. The Morgan fingerprint density at radius 1 is 1.45 bits per heavy atom. The van der Waals surface area contributed by atoms with E-state index in [0.717, 1.165) is 29.8 Å². The van der Waals surface area contributed by atoms with Gasteiger partial charge < -0.3 is 10.1 Å². The normalized spacial score (nSPS) is 17.1. The number of thiazole rings is 1. The zero-order valence-electron chi connectivity index (χ0n) is 11.0. The molecule has 2 aromatic rings. The molecule has 0 saturated carbocycles.